The van der Waals surface area contributed by atoms with Crippen LogP contribution in [0.25, 0.3) is 11.3 Å². The SMILES string of the molecule is CC(C)c1ccccc1NC(=S)NC(=O)c1ccc(-c2ccc(Cl)cc2Cl)o1. The fraction of sp³-hybridized carbons (Fsp3) is 0.143. The molecule has 144 valence electrons. The number of furan rings is 1. The van der Waals surface area contributed by atoms with Crippen molar-refractivity contribution in [2.75, 3.05) is 5.32 Å². The van der Waals surface area contributed by atoms with E-state index < -0.39 is 5.91 Å². The Balaban J connectivity index is 1.70. The molecule has 0 saturated carbocycles. The number of carbonyl (C=O) groups excluding carboxylic acids is 1. The van der Waals surface area contributed by atoms with Gasteiger partial charge in [-0.15, -0.1) is 0 Å². The van der Waals surface area contributed by atoms with Crippen LogP contribution in [0.2, 0.25) is 10.0 Å². The molecule has 0 saturated heterocycles. The van der Waals surface area contributed by atoms with Gasteiger partial charge in [-0.1, -0.05) is 55.2 Å². The Hall–Kier alpha value is -2.34. The van der Waals surface area contributed by atoms with Crippen LogP contribution in [0.5, 0.6) is 0 Å². The number of carbonyl (C=O) groups is 1. The van der Waals surface area contributed by atoms with Crippen LogP contribution in [-0.4, -0.2) is 11.0 Å². The maximum absolute atomic E-state index is 12.5. The third-order valence-electron chi connectivity index (χ3n) is 4.08. The highest BCUT2D eigenvalue weighted by atomic mass is 35.5. The van der Waals surface area contributed by atoms with Crippen molar-refractivity contribution >= 4 is 52.1 Å². The van der Waals surface area contributed by atoms with E-state index in [9.17, 15) is 4.79 Å². The lowest BCUT2D eigenvalue weighted by Gasteiger charge is -2.15. The van der Waals surface area contributed by atoms with Crippen LogP contribution in [0.15, 0.2) is 59.0 Å². The van der Waals surface area contributed by atoms with E-state index in [1.165, 1.54) is 0 Å². The first-order valence-electron chi connectivity index (χ1n) is 8.61. The number of nitrogens with one attached hydrogen (secondary N) is 2. The van der Waals surface area contributed by atoms with Crippen LogP contribution in [0.3, 0.4) is 0 Å². The Labute approximate surface area is 178 Å². The number of amides is 1. The molecule has 4 nitrogen and oxygen atoms in total. The predicted octanol–water partition coefficient (Wildman–Crippen LogP) is 6.50. The van der Waals surface area contributed by atoms with Crippen molar-refractivity contribution in [2.45, 2.75) is 19.8 Å². The van der Waals surface area contributed by atoms with Crippen molar-refractivity contribution in [1.82, 2.24) is 5.32 Å². The van der Waals surface area contributed by atoms with Gasteiger partial charge in [-0.2, -0.15) is 0 Å². The summed E-state index contributed by atoms with van der Waals surface area (Å²) in [6.07, 6.45) is 0. The third kappa shape index (κ3) is 4.73. The van der Waals surface area contributed by atoms with Crippen molar-refractivity contribution in [3.8, 4) is 11.3 Å². The molecule has 0 unspecified atom stereocenters. The Morgan fingerprint density at radius 3 is 2.54 bits per heavy atom. The minimum atomic E-state index is -0.448. The number of anilines is 1. The molecule has 0 aliphatic carbocycles. The van der Waals surface area contributed by atoms with Crippen LogP contribution >= 0.6 is 35.4 Å². The molecule has 2 N–H and O–H groups in total. The van der Waals surface area contributed by atoms with E-state index in [-0.39, 0.29) is 10.9 Å². The van der Waals surface area contributed by atoms with Crippen LogP contribution in [-0.2, 0) is 0 Å². The second-order valence-electron chi connectivity index (χ2n) is 6.44. The van der Waals surface area contributed by atoms with Gasteiger partial charge in [0, 0.05) is 16.3 Å². The van der Waals surface area contributed by atoms with Crippen molar-refractivity contribution in [3.63, 3.8) is 0 Å². The summed E-state index contributed by atoms with van der Waals surface area (Å²) in [6.45, 7) is 4.18. The summed E-state index contributed by atoms with van der Waals surface area (Å²) in [7, 11) is 0. The first-order chi connectivity index (χ1) is 13.3. The van der Waals surface area contributed by atoms with Gasteiger partial charge in [0.05, 0.1) is 5.02 Å². The lowest BCUT2D eigenvalue weighted by atomic mass is 10.0. The maximum Gasteiger partial charge on any atom is 0.293 e. The molecule has 2 aromatic carbocycles. The molecule has 0 spiro atoms. The van der Waals surface area contributed by atoms with E-state index >= 15 is 0 Å². The molecule has 3 rings (SSSR count). The van der Waals surface area contributed by atoms with Gasteiger partial charge < -0.3 is 9.73 Å². The predicted molar refractivity (Wildman–Crippen MR) is 118 cm³/mol. The highest BCUT2D eigenvalue weighted by molar-refractivity contribution is 7.80. The fourth-order valence-electron chi connectivity index (χ4n) is 2.73. The number of thiocarbonyl (C=S) groups is 1. The number of hydrogen-bond donors (Lipinski definition) is 2. The van der Waals surface area contributed by atoms with Gasteiger partial charge in [0.25, 0.3) is 5.91 Å². The fourth-order valence-corrected chi connectivity index (χ4v) is 3.43. The maximum atomic E-state index is 12.5. The Morgan fingerprint density at radius 1 is 1.07 bits per heavy atom. The number of rotatable bonds is 4. The van der Waals surface area contributed by atoms with Crippen molar-refractivity contribution in [1.29, 1.82) is 0 Å². The van der Waals surface area contributed by atoms with Gasteiger partial charge in [-0.3, -0.25) is 10.1 Å². The molecule has 1 heterocycles. The smallest absolute Gasteiger partial charge is 0.293 e. The van der Waals surface area contributed by atoms with Crippen LogP contribution in [0, 0.1) is 0 Å². The lowest BCUT2D eigenvalue weighted by molar-refractivity contribution is 0.0951. The molecular formula is C21H18Cl2N2O2S. The van der Waals surface area contributed by atoms with E-state index in [0.717, 1.165) is 11.3 Å². The molecule has 0 fully saturated rings. The van der Waals surface area contributed by atoms with Crippen molar-refractivity contribution < 1.29 is 9.21 Å². The first-order valence-corrected chi connectivity index (χ1v) is 9.78. The molecule has 0 radical (unpaired) electrons. The zero-order valence-electron chi connectivity index (χ0n) is 15.3. The molecular weight excluding hydrogens is 415 g/mol. The second kappa shape index (κ2) is 8.78. The highest BCUT2D eigenvalue weighted by Gasteiger charge is 2.16. The van der Waals surface area contributed by atoms with Gasteiger partial charge in [-0.25, -0.2) is 0 Å². The number of benzene rings is 2. The summed E-state index contributed by atoms with van der Waals surface area (Å²) >= 11 is 17.4. The summed E-state index contributed by atoms with van der Waals surface area (Å²) < 4.78 is 5.64. The number of halogens is 2. The molecule has 0 bridgehead atoms. The summed E-state index contributed by atoms with van der Waals surface area (Å²) in [4.78, 5) is 12.5. The number of para-hydroxylation sites is 1. The average Bonchev–Trinajstić information content (AvgIpc) is 3.11. The molecule has 0 atom stereocenters. The van der Waals surface area contributed by atoms with E-state index in [1.807, 2.05) is 24.3 Å². The highest BCUT2D eigenvalue weighted by Crippen LogP contribution is 2.31. The second-order valence-corrected chi connectivity index (χ2v) is 7.69. The lowest BCUT2D eigenvalue weighted by Crippen LogP contribution is -2.34. The summed E-state index contributed by atoms with van der Waals surface area (Å²) in [6, 6.07) is 16.1. The van der Waals surface area contributed by atoms with E-state index in [2.05, 4.69) is 24.5 Å². The minimum absolute atomic E-state index is 0.127. The zero-order valence-corrected chi connectivity index (χ0v) is 17.6. The zero-order chi connectivity index (χ0) is 20.3. The van der Waals surface area contributed by atoms with Crippen LogP contribution in [0.1, 0.15) is 35.9 Å². The van der Waals surface area contributed by atoms with E-state index in [0.29, 0.717) is 27.3 Å². The summed E-state index contributed by atoms with van der Waals surface area (Å²) in [5.74, 6) is 0.466. The summed E-state index contributed by atoms with van der Waals surface area (Å²) in [5, 5.41) is 6.86. The normalized spacial score (nSPS) is 10.8. The molecule has 7 heteroatoms. The van der Waals surface area contributed by atoms with Gasteiger partial charge in [-0.05, 0) is 60.1 Å². The monoisotopic (exact) mass is 432 g/mol. The minimum Gasteiger partial charge on any atom is -0.451 e. The van der Waals surface area contributed by atoms with Gasteiger partial charge >= 0.3 is 0 Å². The number of hydrogen-bond acceptors (Lipinski definition) is 3. The van der Waals surface area contributed by atoms with Gasteiger partial charge in [0.2, 0.25) is 0 Å². The van der Waals surface area contributed by atoms with E-state index in [4.69, 9.17) is 39.8 Å². The van der Waals surface area contributed by atoms with Crippen molar-refractivity contribution in [2.24, 2.45) is 0 Å². The largest absolute Gasteiger partial charge is 0.451 e. The molecule has 28 heavy (non-hydrogen) atoms. The molecule has 1 amide bonds. The Bertz CT molecular complexity index is 1030. The topological polar surface area (TPSA) is 54.3 Å². The quantitative estimate of drug-likeness (QED) is 0.461. The third-order valence-corrected chi connectivity index (χ3v) is 4.84. The Morgan fingerprint density at radius 2 is 1.82 bits per heavy atom. The van der Waals surface area contributed by atoms with Gasteiger partial charge in [0.1, 0.15) is 5.76 Å². The van der Waals surface area contributed by atoms with Crippen LogP contribution in [0.4, 0.5) is 5.69 Å². The van der Waals surface area contributed by atoms with E-state index in [1.54, 1.807) is 30.3 Å². The molecule has 3 aromatic rings. The standard InChI is InChI=1S/C21H18Cl2N2O2S/c1-12(2)14-5-3-4-6-17(14)24-21(28)25-20(26)19-10-9-18(27-19)15-8-7-13(22)11-16(15)23/h3-12H,1-2H3,(H2,24,25,26,28). The Kier molecular flexibility index (Phi) is 6.39. The first kappa shape index (κ1) is 20.4. The molecule has 0 aliphatic rings. The van der Waals surface area contributed by atoms with Crippen molar-refractivity contribution in [3.05, 3.63) is 76.0 Å². The van der Waals surface area contributed by atoms with Crippen LogP contribution < -0.4 is 10.6 Å². The molecule has 1 aromatic heterocycles. The molecule has 0 aliphatic heterocycles. The summed E-state index contributed by atoms with van der Waals surface area (Å²) in [5.41, 5.74) is 2.62. The average molecular weight is 433 g/mol. The van der Waals surface area contributed by atoms with Gasteiger partial charge in [0.15, 0.2) is 10.9 Å².